The van der Waals surface area contributed by atoms with Gasteiger partial charge in [0.25, 0.3) is 11.5 Å². The number of amides is 1. The third kappa shape index (κ3) is 2.96. The van der Waals surface area contributed by atoms with E-state index >= 15 is 0 Å². The molecule has 3 atom stereocenters. The van der Waals surface area contributed by atoms with Gasteiger partial charge in [-0.25, -0.2) is 0 Å². The second-order valence-electron chi connectivity index (χ2n) is 6.09. The Labute approximate surface area is 134 Å². The maximum absolute atomic E-state index is 13.9. The second kappa shape index (κ2) is 6.51. The highest BCUT2D eigenvalue weighted by molar-refractivity contribution is 5.88. The molecule has 1 heterocycles. The van der Waals surface area contributed by atoms with Crippen molar-refractivity contribution in [1.29, 1.82) is 0 Å². The number of halogens is 3. The van der Waals surface area contributed by atoms with Crippen molar-refractivity contribution in [3.05, 3.63) is 35.9 Å². The summed E-state index contributed by atoms with van der Waals surface area (Å²) >= 11 is 0. The van der Waals surface area contributed by atoms with Gasteiger partial charge in [-0.1, -0.05) is 30.3 Å². The fraction of sp³-hybridized carbons (Fsp3) is 0.588. The zero-order valence-electron chi connectivity index (χ0n) is 13.6. The van der Waals surface area contributed by atoms with Gasteiger partial charge in [-0.2, -0.15) is 13.2 Å². The Morgan fingerprint density at radius 1 is 1.13 bits per heavy atom. The first-order valence-electron chi connectivity index (χ1n) is 7.76. The molecule has 1 aromatic rings. The van der Waals surface area contributed by atoms with Gasteiger partial charge in [0, 0.05) is 24.8 Å². The molecule has 23 heavy (non-hydrogen) atoms. The number of alkyl halides is 3. The van der Waals surface area contributed by atoms with Crippen LogP contribution in [0.1, 0.15) is 38.7 Å². The number of carbonyl (C=O) groups is 1. The molecule has 1 aromatic carbocycles. The number of piperidine rings is 1. The summed E-state index contributed by atoms with van der Waals surface area (Å²) in [5, 5.41) is 0. The number of rotatable bonds is 3. The molecule has 1 aliphatic heterocycles. The van der Waals surface area contributed by atoms with Crippen LogP contribution in [-0.4, -0.2) is 36.2 Å². The van der Waals surface area contributed by atoms with Crippen LogP contribution in [0.5, 0.6) is 0 Å². The summed E-state index contributed by atoms with van der Waals surface area (Å²) in [7, 11) is 0.942. The molecule has 1 amide bonds. The van der Waals surface area contributed by atoms with Crippen molar-refractivity contribution >= 4 is 5.91 Å². The lowest BCUT2D eigenvalue weighted by Gasteiger charge is -2.45. The van der Waals surface area contributed by atoms with Crippen molar-refractivity contribution in [3.8, 4) is 0 Å². The van der Waals surface area contributed by atoms with Crippen LogP contribution in [0.15, 0.2) is 30.3 Å². The monoisotopic (exact) mass is 329 g/mol. The first-order chi connectivity index (χ1) is 10.8. The normalized spacial score (nSPS) is 25.0. The van der Waals surface area contributed by atoms with Gasteiger partial charge in [0.1, 0.15) is 0 Å². The molecular weight excluding hydrogens is 307 g/mol. The zero-order valence-corrected chi connectivity index (χ0v) is 13.6. The van der Waals surface area contributed by atoms with Gasteiger partial charge >= 0.3 is 6.18 Å². The van der Waals surface area contributed by atoms with E-state index in [-0.39, 0.29) is 17.6 Å². The quantitative estimate of drug-likeness (QED) is 0.842. The van der Waals surface area contributed by atoms with Gasteiger partial charge in [-0.3, -0.25) is 4.79 Å². The third-order valence-electron chi connectivity index (χ3n) is 4.61. The molecule has 0 unspecified atom stereocenters. The smallest absolute Gasteiger partial charge is 0.356 e. The highest BCUT2D eigenvalue weighted by Crippen LogP contribution is 2.44. The second-order valence-corrected chi connectivity index (χ2v) is 6.09. The standard InChI is InChI=1S/C17H22F3NO2/c1-12-8-7-9-13(2)21(12)15(22)16(23-3,17(18,19)20)14-10-5-4-6-11-14/h4-6,10-13H,7-9H2,1-3H3/t12-,13-,16+/m0/s1. The molecule has 128 valence electrons. The molecule has 0 spiro atoms. The number of hydrogen-bond donors (Lipinski definition) is 0. The van der Waals surface area contributed by atoms with E-state index in [0.29, 0.717) is 12.8 Å². The van der Waals surface area contributed by atoms with E-state index in [2.05, 4.69) is 0 Å². The maximum atomic E-state index is 13.9. The number of nitrogens with zero attached hydrogens (tertiary/aromatic N) is 1. The molecule has 1 fully saturated rings. The largest absolute Gasteiger partial charge is 0.430 e. The highest BCUT2D eigenvalue weighted by atomic mass is 19.4. The lowest BCUT2D eigenvalue weighted by molar-refractivity contribution is -0.272. The Morgan fingerprint density at radius 3 is 2.09 bits per heavy atom. The van der Waals surface area contributed by atoms with Crippen molar-refractivity contribution in [1.82, 2.24) is 4.90 Å². The molecule has 3 nitrogen and oxygen atoms in total. The number of likely N-dealkylation sites (tertiary alicyclic amines) is 1. The molecule has 0 saturated carbocycles. The van der Waals surface area contributed by atoms with Crippen LogP contribution in [-0.2, 0) is 15.1 Å². The Kier molecular flexibility index (Phi) is 5.04. The lowest BCUT2D eigenvalue weighted by Crippen LogP contribution is -2.61. The van der Waals surface area contributed by atoms with Gasteiger partial charge < -0.3 is 9.64 Å². The summed E-state index contributed by atoms with van der Waals surface area (Å²) < 4.78 is 46.7. The number of benzene rings is 1. The predicted octanol–water partition coefficient (Wildman–Crippen LogP) is 3.88. The lowest BCUT2D eigenvalue weighted by atomic mass is 9.87. The average Bonchev–Trinajstić information content (AvgIpc) is 2.48. The van der Waals surface area contributed by atoms with Crippen molar-refractivity contribution < 1.29 is 22.7 Å². The molecule has 0 aromatic heterocycles. The highest BCUT2D eigenvalue weighted by Gasteiger charge is 2.64. The van der Waals surface area contributed by atoms with Crippen molar-refractivity contribution in [3.63, 3.8) is 0 Å². The van der Waals surface area contributed by atoms with Crippen LogP contribution in [0.2, 0.25) is 0 Å². The first kappa shape index (κ1) is 17.8. The van der Waals surface area contributed by atoms with Crippen molar-refractivity contribution in [2.45, 2.75) is 57.0 Å². The summed E-state index contributed by atoms with van der Waals surface area (Å²) in [6.07, 6.45) is -2.55. The Bertz CT molecular complexity index is 537. The average molecular weight is 329 g/mol. The van der Waals surface area contributed by atoms with Gasteiger partial charge in [0.15, 0.2) is 0 Å². The maximum Gasteiger partial charge on any atom is 0.430 e. The Hall–Kier alpha value is -1.56. The van der Waals surface area contributed by atoms with Crippen molar-refractivity contribution in [2.24, 2.45) is 0 Å². The van der Waals surface area contributed by atoms with Gasteiger partial charge in [-0.05, 0) is 33.1 Å². The van der Waals surface area contributed by atoms with Gasteiger partial charge in [0.2, 0.25) is 0 Å². The molecule has 2 rings (SSSR count). The molecule has 0 bridgehead atoms. The molecule has 0 N–H and O–H groups in total. The minimum atomic E-state index is -4.85. The van der Waals surface area contributed by atoms with Crippen LogP contribution in [0.3, 0.4) is 0 Å². The van der Waals surface area contributed by atoms with E-state index in [1.807, 2.05) is 0 Å². The summed E-state index contributed by atoms with van der Waals surface area (Å²) in [5.41, 5.74) is -3.15. The van der Waals surface area contributed by atoms with E-state index < -0.39 is 17.7 Å². The SMILES string of the molecule is CO[C@@](C(=O)N1[C@@H](C)CCC[C@@H]1C)(c1ccccc1)C(F)(F)F. The van der Waals surface area contributed by atoms with E-state index in [0.717, 1.165) is 13.5 Å². The van der Waals surface area contributed by atoms with Crippen molar-refractivity contribution in [2.75, 3.05) is 7.11 Å². The predicted molar refractivity (Wildman–Crippen MR) is 80.8 cm³/mol. The first-order valence-corrected chi connectivity index (χ1v) is 7.76. The van der Waals surface area contributed by atoms with Gasteiger partial charge in [-0.15, -0.1) is 0 Å². The summed E-state index contributed by atoms with van der Waals surface area (Å²) in [6, 6.07) is 6.65. The fourth-order valence-electron chi connectivity index (χ4n) is 3.41. The molecule has 0 aliphatic carbocycles. The van der Waals surface area contributed by atoms with E-state index in [4.69, 9.17) is 4.74 Å². The summed E-state index contributed by atoms with van der Waals surface area (Å²) in [5.74, 6) is -1.03. The summed E-state index contributed by atoms with van der Waals surface area (Å²) in [4.78, 5) is 14.3. The molecule has 1 saturated heterocycles. The third-order valence-corrected chi connectivity index (χ3v) is 4.61. The minimum absolute atomic E-state index is 0.190. The van der Waals surface area contributed by atoms with Gasteiger partial charge in [0.05, 0.1) is 0 Å². The topological polar surface area (TPSA) is 29.5 Å². The zero-order chi connectivity index (χ0) is 17.3. The minimum Gasteiger partial charge on any atom is -0.356 e. The van der Waals surface area contributed by atoms with Crippen LogP contribution < -0.4 is 0 Å². The number of methoxy groups -OCH3 is 1. The molecular formula is C17H22F3NO2. The number of carbonyl (C=O) groups excluding carboxylic acids is 1. The Balaban J connectivity index is 2.56. The number of ether oxygens (including phenoxy) is 1. The van der Waals surface area contributed by atoms with E-state index in [9.17, 15) is 18.0 Å². The van der Waals surface area contributed by atoms with E-state index in [1.165, 1.54) is 29.2 Å². The van der Waals surface area contributed by atoms with Crippen LogP contribution in [0.4, 0.5) is 13.2 Å². The molecule has 0 radical (unpaired) electrons. The van der Waals surface area contributed by atoms with E-state index in [1.54, 1.807) is 19.9 Å². The Morgan fingerprint density at radius 2 is 1.65 bits per heavy atom. The molecule has 1 aliphatic rings. The summed E-state index contributed by atoms with van der Waals surface area (Å²) in [6.45, 7) is 3.57. The molecule has 6 heteroatoms. The fourth-order valence-corrected chi connectivity index (χ4v) is 3.41. The van der Waals surface area contributed by atoms with Crippen LogP contribution >= 0.6 is 0 Å². The number of hydrogen-bond acceptors (Lipinski definition) is 2. The van der Waals surface area contributed by atoms with Crippen LogP contribution in [0, 0.1) is 0 Å². The van der Waals surface area contributed by atoms with Crippen LogP contribution in [0.25, 0.3) is 0 Å².